The third kappa shape index (κ3) is 3.86. The number of nitrogens with one attached hydrogen (secondary N) is 1. The number of phenols is 1. The van der Waals surface area contributed by atoms with Crippen molar-refractivity contribution in [2.75, 3.05) is 0 Å². The molecule has 2 N–H and O–H groups in total. The summed E-state index contributed by atoms with van der Waals surface area (Å²) in [6, 6.07) is 7.74. The molecular weight excluding hydrogens is 294 g/mol. The van der Waals surface area contributed by atoms with Gasteiger partial charge < -0.3 is 5.11 Å². The van der Waals surface area contributed by atoms with Crippen molar-refractivity contribution in [3.8, 4) is 5.75 Å². The van der Waals surface area contributed by atoms with Crippen LogP contribution in [0, 0.1) is 10.1 Å². The molecule has 1 aromatic heterocycles. The Balaban J connectivity index is 2.00. The van der Waals surface area contributed by atoms with Crippen molar-refractivity contribution in [3.63, 3.8) is 0 Å². The summed E-state index contributed by atoms with van der Waals surface area (Å²) >= 11 is 1.46. The average Bonchev–Trinajstić information content (AvgIpc) is 2.93. The van der Waals surface area contributed by atoms with Gasteiger partial charge in [0.1, 0.15) is 0 Å². The molecule has 0 aliphatic rings. The fraction of sp³-hybridized carbons (Fsp3) is 0.0769. The van der Waals surface area contributed by atoms with Crippen molar-refractivity contribution in [1.82, 2.24) is 5.43 Å². The zero-order chi connectivity index (χ0) is 15.2. The van der Waals surface area contributed by atoms with Gasteiger partial charge in [0.15, 0.2) is 0 Å². The van der Waals surface area contributed by atoms with E-state index in [0.29, 0.717) is 0 Å². The summed E-state index contributed by atoms with van der Waals surface area (Å²) in [5.74, 6) is -0.794. The van der Waals surface area contributed by atoms with Crippen molar-refractivity contribution in [2.24, 2.45) is 5.10 Å². The Morgan fingerprint density at radius 1 is 1.43 bits per heavy atom. The fourth-order valence-electron chi connectivity index (χ4n) is 1.58. The predicted octanol–water partition coefficient (Wildman–Crippen LogP) is 2.05. The Hall–Kier alpha value is -2.74. The molecule has 0 aliphatic heterocycles. The van der Waals surface area contributed by atoms with Gasteiger partial charge in [0.05, 0.1) is 17.6 Å². The van der Waals surface area contributed by atoms with Crippen LogP contribution in [0.3, 0.4) is 0 Å². The first-order chi connectivity index (χ1) is 10.1. The second-order valence-electron chi connectivity index (χ2n) is 4.02. The molecule has 108 valence electrons. The van der Waals surface area contributed by atoms with Crippen LogP contribution in [0.15, 0.2) is 40.8 Å². The predicted molar refractivity (Wildman–Crippen MR) is 78.5 cm³/mol. The number of benzene rings is 1. The van der Waals surface area contributed by atoms with Crippen molar-refractivity contribution in [2.45, 2.75) is 6.42 Å². The number of thiophene rings is 1. The molecule has 0 fully saturated rings. The number of carbonyl (C=O) groups is 1. The topological polar surface area (TPSA) is 105 Å². The van der Waals surface area contributed by atoms with Gasteiger partial charge in [-0.15, -0.1) is 11.3 Å². The maximum atomic E-state index is 11.6. The molecule has 0 bridgehead atoms. The van der Waals surface area contributed by atoms with E-state index in [9.17, 15) is 20.0 Å². The molecule has 0 radical (unpaired) electrons. The fourth-order valence-corrected chi connectivity index (χ4v) is 2.29. The van der Waals surface area contributed by atoms with Crippen LogP contribution < -0.4 is 5.43 Å². The summed E-state index contributed by atoms with van der Waals surface area (Å²) in [6.07, 6.45) is 1.37. The molecule has 1 amide bonds. The average molecular weight is 305 g/mol. The van der Waals surface area contributed by atoms with Gasteiger partial charge in [0.25, 0.3) is 0 Å². The van der Waals surface area contributed by atoms with Crippen molar-refractivity contribution in [1.29, 1.82) is 0 Å². The Morgan fingerprint density at radius 3 is 2.90 bits per heavy atom. The summed E-state index contributed by atoms with van der Waals surface area (Å²) < 4.78 is 0. The number of phenolic OH excluding ortho intramolecular Hbond substituents is 1. The zero-order valence-corrected chi connectivity index (χ0v) is 11.5. The van der Waals surface area contributed by atoms with E-state index in [-0.39, 0.29) is 17.9 Å². The maximum Gasteiger partial charge on any atom is 0.311 e. The van der Waals surface area contributed by atoms with Gasteiger partial charge in [0, 0.05) is 16.5 Å². The van der Waals surface area contributed by atoms with Crippen LogP contribution >= 0.6 is 11.3 Å². The third-order valence-corrected chi connectivity index (χ3v) is 3.43. The van der Waals surface area contributed by atoms with Crippen molar-refractivity contribution >= 4 is 29.1 Å². The van der Waals surface area contributed by atoms with E-state index < -0.39 is 16.4 Å². The molecule has 1 aromatic carbocycles. The Kier molecular flexibility index (Phi) is 4.62. The van der Waals surface area contributed by atoms with Gasteiger partial charge in [-0.2, -0.15) is 5.10 Å². The molecule has 1 heterocycles. The molecule has 0 saturated heterocycles. The van der Waals surface area contributed by atoms with Gasteiger partial charge in [-0.25, -0.2) is 5.43 Å². The number of aromatic hydroxyl groups is 1. The van der Waals surface area contributed by atoms with E-state index >= 15 is 0 Å². The number of para-hydroxylation sites is 1. The molecule has 0 saturated carbocycles. The number of hydrazone groups is 1. The molecule has 0 aliphatic carbocycles. The van der Waals surface area contributed by atoms with E-state index in [1.54, 1.807) is 0 Å². The first kappa shape index (κ1) is 14.7. The van der Waals surface area contributed by atoms with Crippen LogP contribution in [0.25, 0.3) is 0 Å². The summed E-state index contributed by atoms with van der Waals surface area (Å²) in [5, 5.41) is 25.9. The van der Waals surface area contributed by atoms with E-state index in [0.717, 1.165) is 11.1 Å². The lowest BCUT2D eigenvalue weighted by Gasteiger charge is -2.00. The number of hydrogen-bond donors (Lipinski definition) is 2. The number of amides is 1. The molecule has 7 nitrogen and oxygen atoms in total. The minimum atomic E-state index is -0.692. The Morgan fingerprint density at radius 2 is 2.24 bits per heavy atom. The third-order valence-electron chi connectivity index (χ3n) is 2.55. The van der Waals surface area contributed by atoms with Crippen LogP contribution in [0.5, 0.6) is 5.75 Å². The SMILES string of the molecule is O=C(Cc1cccs1)N/N=C/c1cccc([N+](=O)[O-])c1O. The standard InChI is InChI=1S/C13H11N3O4S/c17-12(7-10-4-2-6-21-10)15-14-8-9-3-1-5-11(13(9)18)16(19)20/h1-6,8,18H,7H2,(H,15,17)/b14-8+. The molecular formula is C13H11N3O4S. The number of nitro groups is 1. The first-order valence-electron chi connectivity index (χ1n) is 5.88. The summed E-state index contributed by atoms with van der Waals surface area (Å²) in [6.45, 7) is 0. The van der Waals surface area contributed by atoms with Gasteiger partial charge in [0.2, 0.25) is 11.7 Å². The number of rotatable bonds is 5. The van der Waals surface area contributed by atoms with Crippen LogP contribution in [0.2, 0.25) is 0 Å². The molecule has 21 heavy (non-hydrogen) atoms. The lowest BCUT2D eigenvalue weighted by Crippen LogP contribution is -2.19. The quantitative estimate of drug-likeness (QED) is 0.501. The van der Waals surface area contributed by atoms with Crippen LogP contribution in [-0.4, -0.2) is 22.2 Å². The Bertz CT molecular complexity index is 683. The lowest BCUT2D eigenvalue weighted by molar-refractivity contribution is -0.385. The van der Waals surface area contributed by atoms with Crippen molar-refractivity contribution in [3.05, 3.63) is 56.3 Å². The minimum absolute atomic E-state index is 0.153. The number of carbonyl (C=O) groups excluding carboxylic acids is 1. The highest BCUT2D eigenvalue weighted by molar-refractivity contribution is 7.10. The highest BCUT2D eigenvalue weighted by atomic mass is 32.1. The molecule has 0 atom stereocenters. The molecule has 2 aromatic rings. The second-order valence-corrected chi connectivity index (χ2v) is 5.05. The first-order valence-corrected chi connectivity index (χ1v) is 6.76. The van der Waals surface area contributed by atoms with Gasteiger partial charge in [-0.05, 0) is 17.5 Å². The van der Waals surface area contributed by atoms with E-state index in [2.05, 4.69) is 10.5 Å². The lowest BCUT2D eigenvalue weighted by atomic mass is 10.2. The normalized spacial score (nSPS) is 10.7. The molecule has 0 unspecified atom stereocenters. The molecule has 2 rings (SSSR count). The van der Waals surface area contributed by atoms with Crippen molar-refractivity contribution < 1.29 is 14.8 Å². The Labute approximate surface area is 123 Å². The van der Waals surface area contributed by atoms with Crippen LogP contribution in [0.1, 0.15) is 10.4 Å². The maximum absolute atomic E-state index is 11.6. The van der Waals surface area contributed by atoms with Gasteiger partial charge in [-0.1, -0.05) is 12.1 Å². The second kappa shape index (κ2) is 6.62. The van der Waals surface area contributed by atoms with Gasteiger partial charge >= 0.3 is 5.69 Å². The highest BCUT2D eigenvalue weighted by Gasteiger charge is 2.15. The molecule has 0 spiro atoms. The van der Waals surface area contributed by atoms with Gasteiger partial charge in [-0.3, -0.25) is 14.9 Å². The van der Waals surface area contributed by atoms with Crippen LogP contribution in [0.4, 0.5) is 5.69 Å². The minimum Gasteiger partial charge on any atom is -0.502 e. The summed E-state index contributed by atoms with van der Waals surface area (Å²) in [4.78, 5) is 22.4. The monoisotopic (exact) mass is 305 g/mol. The van der Waals surface area contributed by atoms with E-state index in [4.69, 9.17) is 0 Å². The number of hydrogen-bond acceptors (Lipinski definition) is 6. The van der Waals surface area contributed by atoms with E-state index in [1.165, 1.54) is 29.5 Å². The highest BCUT2D eigenvalue weighted by Crippen LogP contribution is 2.27. The number of nitrogens with zero attached hydrogens (tertiary/aromatic N) is 2. The largest absolute Gasteiger partial charge is 0.502 e. The zero-order valence-electron chi connectivity index (χ0n) is 10.7. The van der Waals surface area contributed by atoms with E-state index in [1.807, 2.05) is 17.5 Å². The summed E-state index contributed by atoms with van der Waals surface area (Å²) in [7, 11) is 0. The smallest absolute Gasteiger partial charge is 0.311 e. The van der Waals surface area contributed by atoms with Crippen LogP contribution in [-0.2, 0) is 11.2 Å². The number of nitro benzene ring substituents is 1. The molecule has 8 heteroatoms. The summed E-state index contributed by atoms with van der Waals surface area (Å²) in [5.41, 5.74) is 2.04.